The summed E-state index contributed by atoms with van der Waals surface area (Å²) in [4.78, 5) is 16.2. The third-order valence-corrected chi connectivity index (χ3v) is 5.31. The lowest BCUT2D eigenvalue weighted by Gasteiger charge is -2.10. The van der Waals surface area contributed by atoms with E-state index in [1.54, 1.807) is 18.3 Å². The topological polar surface area (TPSA) is 81.9 Å². The molecule has 0 aliphatic heterocycles. The number of aryl methyl sites for hydroxylation is 2. The van der Waals surface area contributed by atoms with E-state index in [1.165, 1.54) is 11.8 Å². The Balaban J connectivity index is 1.60. The average molecular weight is 432 g/mol. The Labute approximate surface area is 178 Å². The van der Waals surface area contributed by atoms with Crippen LogP contribution in [0.2, 0.25) is 5.15 Å². The lowest BCUT2D eigenvalue weighted by atomic mass is 10.1. The maximum absolute atomic E-state index is 12.2. The first-order valence-electron chi connectivity index (χ1n) is 9.12. The summed E-state index contributed by atoms with van der Waals surface area (Å²) in [6.45, 7) is 7.06. The van der Waals surface area contributed by atoms with Crippen molar-refractivity contribution in [1.29, 1.82) is 0 Å². The number of halogens is 1. The van der Waals surface area contributed by atoms with Gasteiger partial charge in [-0.05, 0) is 56.2 Å². The summed E-state index contributed by atoms with van der Waals surface area (Å²) >= 11 is 7.28. The summed E-state index contributed by atoms with van der Waals surface area (Å²) in [5.74, 6) is 1.50. The Hall–Kier alpha value is -2.58. The molecule has 0 fully saturated rings. The van der Waals surface area contributed by atoms with E-state index in [0.29, 0.717) is 29.8 Å². The highest BCUT2D eigenvalue weighted by molar-refractivity contribution is 7.99. The molecule has 0 saturated carbocycles. The lowest BCUT2D eigenvalue weighted by molar-refractivity contribution is -0.113. The molecule has 2 heterocycles. The maximum atomic E-state index is 12.2. The van der Waals surface area contributed by atoms with Crippen LogP contribution in [0.25, 0.3) is 0 Å². The molecule has 0 radical (unpaired) electrons. The number of rotatable bonds is 8. The van der Waals surface area contributed by atoms with Crippen molar-refractivity contribution >= 4 is 35.0 Å². The monoisotopic (exact) mass is 431 g/mol. The fraction of sp³-hybridized carbons (Fsp3) is 0.300. The number of anilines is 1. The number of benzene rings is 1. The van der Waals surface area contributed by atoms with Gasteiger partial charge in [0.15, 0.2) is 16.1 Å². The van der Waals surface area contributed by atoms with Gasteiger partial charge in [-0.25, -0.2) is 4.98 Å². The van der Waals surface area contributed by atoms with Crippen molar-refractivity contribution < 1.29 is 9.53 Å². The summed E-state index contributed by atoms with van der Waals surface area (Å²) in [6, 6.07) is 9.49. The van der Waals surface area contributed by atoms with Crippen molar-refractivity contribution in [3.63, 3.8) is 0 Å². The Morgan fingerprint density at radius 3 is 2.69 bits per heavy atom. The third-order valence-electron chi connectivity index (χ3n) is 4.04. The zero-order chi connectivity index (χ0) is 20.8. The van der Waals surface area contributed by atoms with Gasteiger partial charge in [0.1, 0.15) is 12.4 Å². The number of carbonyl (C=O) groups is 1. The van der Waals surface area contributed by atoms with Crippen LogP contribution in [0.4, 0.5) is 5.69 Å². The van der Waals surface area contributed by atoms with E-state index < -0.39 is 0 Å². The van der Waals surface area contributed by atoms with E-state index in [0.717, 1.165) is 16.9 Å². The molecule has 152 valence electrons. The molecule has 9 heteroatoms. The molecule has 2 aromatic heterocycles. The van der Waals surface area contributed by atoms with Crippen molar-refractivity contribution in [2.45, 2.75) is 39.1 Å². The van der Waals surface area contributed by atoms with Crippen LogP contribution in [0, 0.1) is 13.8 Å². The van der Waals surface area contributed by atoms with Crippen LogP contribution in [0.3, 0.4) is 0 Å². The van der Waals surface area contributed by atoms with Crippen LogP contribution in [0.1, 0.15) is 23.9 Å². The van der Waals surface area contributed by atoms with Crippen LogP contribution >= 0.6 is 23.4 Å². The molecule has 0 bridgehead atoms. The number of pyridine rings is 1. The van der Waals surface area contributed by atoms with Crippen molar-refractivity contribution in [3.05, 3.63) is 58.6 Å². The third kappa shape index (κ3) is 5.71. The van der Waals surface area contributed by atoms with Crippen LogP contribution in [0.5, 0.6) is 5.75 Å². The molecule has 7 nitrogen and oxygen atoms in total. The number of nitrogens with one attached hydrogen (secondary N) is 1. The number of hydrogen-bond acceptors (Lipinski definition) is 6. The fourth-order valence-electron chi connectivity index (χ4n) is 2.81. The zero-order valence-corrected chi connectivity index (χ0v) is 18.0. The Kier molecular flexibility index (Phi) is 7.11. The number of amides is 1. The second-order valence-electron chi connectivity index (χ2n) is 6.43. The first-order valence-corrected chi connectivity index (χ1v) is 10.5. The number of ether oxygens (including phenoxy) is 1. The van der Waals surface area contributed by atoms with E-state index >= 15 is 0 Å². The average Bonchev–Trinajstić information content (AvgIpc) is 3.07. The number of nitrogens with zero attached hydrogens (tertiary/aromatic N) is 4. The van der Waals surface area contributed by atoms with E-state index in [9.17, 15) is 4.79 Å². The number of carbonyl (C=O) groups excluding carboxylic acids is 1. The van der Waals surface area contributed by atoms with Crippen LogP contribution in [0.15, 0.2) is 41.7 Å². The fourth-order valence-corrected chi connectivity index (χ4v) is 3.80. The predicted molar refractivity (Wildman–Crippen MR) is 115 cm³/mol. The van der Waals surface area contributed by atoms with E-state index in [4.69, 9.17) is 16.3 Å². The van der Waals surface area contributed by atoms with Gasteiger partial charge >= 0.3 is 0 Å². The second-order valence-corrected chi connectivity index (χ2v) is 7.73. The minimum Gasteiger partial charge on any atom is -0.486 e. The van der Waals surface area contributed by atoms with Gasteiger partial charge in [0.05, 0.1) is 11.4 Å². The summed E-state index contributed by atoms with van der Waals surface area (Å²) in [6.07, 6.45) is 1.57. The maximum Gasteiger partial charge on any atom is 0.234 e. The number of hydrogen-bond donors (Lipinski definition) is 1. The van der Waals surface area contributed by atoms with Gasteiger partial charge in [0.25, 0.3) is 0 Å². The Morgan fingerprint density at radius 1 is 1.24 bits per heavy atom. The molecule has 1 aromatic carbocycles. The van der Waals surface area contributed by atoms with Gasteiger partial charge in [-0.15, -0.1) is 10.2 Å². The van der Waals surface area contributed by atoms with Crippen LogP contribution in [-0.2, 0) is 17.9 Å². The van der Waals surface area contributed by atoms with Gasteiger partial charge in [0.2, 0.25) is 5.91 Å². The van der Waals surface area contributed by atoms with E-state index in [1.807, 2.05) is 37.5 Å². The van der Waals surface area contributed by atoms with Gasteiger partial charge < -0.3 is 14.6 Å². The molecule has 1 N–H and O–H groups in total. The molecule has 29 heavy (non-hydrogen) atoms. The molecule has 3 rings (SSSR count). The molecule has 1 amide bonds. The van der Waals surface area contributed by atoms with Crippen molar-refractivity contribution in [2.75, 3.05) is 11.1 Å². The standard InChI is InChI=1S/C20H22ClN5O2S/c1-4-26-17(11-28-15-9-13(2)8-14(3)10-15)24-25-20(26)29-12-18(27)23-16-6-5-7-22-19(16)21/h5-10H,4,11-12H2,1-3H3,(H,23,27). The minimum atomic E-state index is -0.191. The highest BCUT2D eigenvalue weighted by Gasteiger charge is 2.14. The normalized spacial score (nSPS) is 10.8. The summed E-state index contributed by atoms with van der Waals surface area (Å²) in [7, 11) is 0. The first-order chi connectivity index (χ1) is 14.0. The smallest absolute Gasteiger partial charge is 0.234 e. The van der Waals surface area contributed by atoms with Crippen LogP contribution in [-0.4, -0.2) is 31.4 Å². The summed E-state index contributed by atoms with van der Waals surface area (Å²) < 4.78 is 7.84. The van der Waals surface area contributed by atoms with Gasteiger partial charge in [0, 0.05) is 12.7 Å². The highest BCUT2D eigenvalue weighted by Crippen LogP contribution is 2.22. The summed E-state index contributed by atoms with van der Waals surface area (Å²) in [5, 5.41) is 12.1. The molecular weight excluding hydrogens is 410 g/mol. The van der Waals surface area contributed by atoms with Gasteiger partial charge in [-0.3, -0.25) is 4.79 Å². The SMILES string of the molecule is CCn1c(COc2cc(C)cc(C)c2)nnc1SCC(=O)Nc1cccnc1Cl. The molecule has 0 aliphatic rings. The zero-order valence-electron chi connectivity index (χ0n) is 16.5. The number of aromatic nitrogens is 4. The molecule has 0 atom stereocenters. The number of thioether (sulfide) groups is 1. The molecular formula is C20H22ClN5O2S. The van der Waals surface area contributed by atoms with Crippen molar-refractivity contribution in [1.82, 2.24) is 19.7 Å². The quantitative estimate of drug-likeness (QED) is 0.423. The highest BCUT2D eigenvalue weighted by atomic mass is 35.5. The Bertz CT molecular complexity index is 988. The predicted octanol–water partition coefficient (Wildman–Crippen LogP) is 4.27. The molecule has 0 aliphatic carbocycles. The van der Waals surface area contributed by atoms with E-state index in [2.05, 4.69) is 26.6 Å². The Morgan fingerprint density at radius 2 is 2.00 bits per heavy atom. The molecule has 0 saturated heterocycles. The van der Waals surface area contributed by atoms with Crippen molar-refractivity contribution in [2.24, 2.45) is 0 Å². The molecule has 0 unspecified atom stereocenters. The van der Waals surface area contributed by atoms with Gasteiger partial charge in [-0.2, -0.15) is 0 Å². The molecule has 0 spiro atoms. The van der Waals surface area contributed by atoms with E-state index in [-0.39, 0.29) is 16.8 Å². The lowest BCUT2D eigenvalue weighted by Crippen LogP contribution is -2.15. The van der Waals surface area contributed by atoms with Crippen molar-refractivity contribution in [3.8, 4) is 5.75 Å². The van der Waals surface area contributed by atoms with Crippen LogP contribution < -0.4 is 10.1 Å². The second kappa shape index (κ2) is 9.76. The van der Waals surface area contributed by atoms with Gasteiger partial charge in [-0.1, -0.05) is 29.4 Å². The minimum absolute atomic E-state index is 0.182. The first kappa shape index (κ1) is 21.1. The molecule has 3 aromatic rings. The largest absolute Gasteiger partial charge is 0.486 e. The summed E-state index contributed by atoms with van der Waals surface area (Å²) in [5.41, 5.74) is 2.78.